The molecule has 0 aromatic carbocycles. The van der Waals surface area contributed by atoms with Gasteiger partial charge in [0.2, 0.25) is 0 Å². The second kappa shape index (κ2) is 32.8. The summed E-state index contributed by atoms with van der Waals surface area (Å²) in [5.74, 6) is -8.90. The second-order valence-corrected chi connectivity index (χ2v) is 21.4. The average molecular weight is 1040 g/mol. The summed E-state index contributed by atoms with van der Waals surface area (Å²) < 4.78 is 17.4. The molecule has 15 N–H and O–H groups in total. The first-order valence-electron chi connectivity index (χ1n) is 26.3. The number of hydrogen-bond acceptors (Lipinski definition) is 17. The number of rotatable bonds is 14. The van der Waals surface area contributed by atoms with Crippen LogP contribution in [0.15, 0.2) is 41.4 Å². The zero-order chi connectivity index (χ0) is 55.2. The van der Waals surface area contributed by atoms with Gasteiger partial charge in [0.1, 0.15) is 24.7 Å². The molecule has 0 spiro atoms. The predicted octanol–water partition coefficient (Wildman–Crippen LogP) is 2.49. The van der Waals surface area contributed by atoms with E-state index in [0.717, 1.165) is 32.1 Å². The standard InChI is InChI=1S/C53H93N3O17/c1-30(14-12-10-8-9-11-13-21-56-52(54)55)22-34(5)50-33(4)16-19-41(59)35(6)43(61)24-37(57)23-38(71-49(68)28-47(65)66)25-39-26-45(63)51(69)53(70,73-39)29-46(64)32(3)15-18-40(58)36(7)44(62)27-42(60)31(2)17-20-48(67)72-50/h8-9,16-17,19-20,30-46,50-51,57-64,69-70H,10-15,18,21-29H2,1-7H3,(H,65,66)(H4,54,55,56)/b9-8+,19-16+,20-17-. The minimum atomic E-state index is -2.52. The fourth-order valence-corrected chi connectivity index (χ4v) is 9.67. The van der Waals surface area contributed by atoms with Crippen LogP contribution in [0.2, 0.25) is 0 Å². The molecule has 73 heavy (non-hydrogen) atoms. The number of aliphatic hydroxyl groups excluding tert-OH is 9. The molecular formula is C53H93N3O17. The lowest BCUT2D eigenvalue weighted by atomic mass is 9.83. The fourth-order valence-electron chi connectivity index (χ4n) is 9.67. The number of esters is 2. The van der Waals surface area contributed by atoms with E-state index in [4.69, 9.17) is 25.7 Å². The van der Waals surface area contributed by atoms with E-state index in [1.807, 2.05) is 13.8 Å². The fraction of sp³-hybridized carbons (Fsp3) is 0.811. The van der Waals surface area contributed by atoms with Gasteiger partial charge in [-0.15, -0.1) is 0 Å². The van der Waals surface area contributed by atoms with Crippen molar-refractivity contribution in [2.45, 2.75) is 224 Å². The van der Waals surface area contributed by atoms with E-state index >= 15 is 0 Å². The Morgan fingerprint density at radius 1 is 0.781 bits per heavy atom. The van der Waals surface area contributed by atoms with Crippen molar-refractivity contribution in [1.29, 1.82) is 0 Å². The molecule has 20 unspecified atom stereocenters. The molecule has 20 nitrogen and oxygen atoms in total. The summed E-state index contributed by atoms with van der Waals surface area (Å²) in [5, 5.41) is 121. The van der Waals surface area contributed by atoms with E-state index in [1.165, 1.54) is 18.2 Å². The minimum Gasteiger partial charge on any atom is -0.481 e. The number of nitrogens with two attached hydrogens (primary N) is 2. The van der Waals surface area contributed by atoms with Gasteiger partial charge in [0, 0.05) is 68.4 Å². The zero-order valence-corrected chi connectivity index (χ0v) is 44.2. The highest BCUT2D eigenvalue weighted by Crippen LogP contribution is 2.36. The van der Waals surface area contributed by atoms with Crippen LogP contribution in [0.3, 0.4) is 0 Å². The molecule has 0 aliphatic carbocycles. The molecule has 0 amide bonds. The van der Waals surface area contributed by atoms with Crippen LogP contribution in [0.4, 0.5) is 0 Å². The maximum Gasteiger partial charge on any atom is 0.330 e. The Morgan fingerprint density at radius 2 is 1.42 bits per heavy atom. The van der Waals surface area contributed by atoms with Gasteiger partial charge in [-0.25, -0.2) is 4.79 Å². The molecule has 0 aromatic rings. The molecule has 2 aliphatic rings. The van der Waals surface area contributed by atoms with Crippen LogP contribution in [0.25, 0.3) is 0 Å². The SMILES string of the molecule is CC(CCC/C=C/CCCN=C(N)N)CC(C)C1OC(=O)/C=C\C(C)C(O)CC(O)C(C)C(O)CCC(C)C(O)CC2(O)OC(CC(OC(=O)CC(=O)O)CC(O)CC(O)C(C)C(O)/C=C/C1C)CC(O)C2O. The monoisotopic (exact) mass is 1040 g/mol. The maximum absolute atomic E-state index is 13.5. The number of ether oxygens (including phenoxy) is 3. The number of hydrogen-bond donors (Lipinski definition) is 13. The quantitative estimate of drug-likeness (QED) is 0.0297. The van der Waals surface area contributed by atoms with Crippen LogP contribution in [0, 0.1) is 41.4 Å². The van der Waals surface area contributed by atoms with E-state index < -0.39 is 139 Å². The van der Waals surface area contributed by atoms with E-state index in [1.54, 1.807) is 33.8 Å². The normalized spacial score (nSPS) is 38.3. The number of nitrogens with zero attached hydrogens (tertiary/aromatic N) is 1. The Hall–Kier alpha value is -3.54. The molecule has 2 rings (SSSR count). The average Bonchev–Trinajstić information content (AvgIpc) is 3.30. The first-order valence-corrected chi connectivity index (χ1v) is 26.3. The van der Waals surface area contributed by atoms with E-state index in [0.29, 0.717) is 13.0 Å². The third kappa shape index (κ3) is 24.3. The Morgan fingerprint density at radius 3 is 2.07 bits per heavy atom. The molecule has 20 heteroatoms. The van der Waals surface area contributed by atoms with Gasteiger partial charge in [-0.2, -0.15) is 0 Å². The first-order chi connectivity index (χ1) is 34.1. The van der Waals surface area contributed by atoms with Gasteiger partial charge >= 0.3 is 17.9 Å². The lowest BCUT2D eigenvalue weighted by Crippen LogP contribution is -2.60. The molecule has 1 fully saturated rings. The van der Waals surface area contributed by atoms with Crippen LogP contribution in [0.1, 0.15) is 145 Å². The molecule has 422 valence electrons. The Bertz CT molecular complexity index is 1750. The molecule has 2 aliphatic heterocycles. The molecule has 0 saturated carbocycles. The first kappa shape index (κ1) is 65.6. The summed E-state index contributed by atoms with van der Waals surface area (Å²) in [6.07, 6.45) is -2.69. The topological polar surface area (TPSA) is 366 Å². The minimum absolute atomic E-state index is 0.0758. The van der Waals surface area contributed by atoms with Crippen molar-refractivity contribution in [2.75, 3.05) is 6.54 Å². The van der Waals surface area contributed by atoms with Gasteiger partial charge in [-0.1, -0.05) is 85.3 Å². The Kier molecular flexibility index (Phi) is 29.5. The Labute approximate surface area is 432 Å². The maximum atomic E-state index is 13.5. The summed E-state index contributed by atoms with van der Waals surface area (Å²) >= 11 is 0. The highest BCUT2D eigenvalue weighted by molar-refractivity contribution is 5.90. The number of guanidine groups is 1. The number of carboxylic acid groups (broad SMARTS) is 1. The van der Waals surface area contributed by atoms with Gasteiger partial charge in [-0.3, -0.25) is 14.6 Å². The molecule has 2 bridgehead atoms. The van der Waals surface area contributed by atoms with Crippen LogP contribution in [0.5, 0.6) is 0 Å². The number of allylic oxidation sites excluding steroid dienone is 2. The predicted molar refractivity (Wildman–Crippen MR) is 273 cm³/mol. The van der Waals surface area contributed by atoms with Crippen molar-refractivity contribution in [1.82, 2.24) is 0 Å². The number of unbranched alkanes of at least 4 members (excludes halogenated alkanes) is 2. The molecule has 0 aromatic heterocycles. The number of aliphatic hydroxyl groups is 10. The third-order valence-electron chi connectivity index (χ3n) is 14.7. The van der Waals surface area contributed by atoms with Crippen LogP contribution in [-0.2, 0) is 28.6 Å². The van der Waals surface area contributed by atoms with E-state index in [9.17, 15) is 70.6 Å². The molecule has 1 saturated heterocycles. The summed E-state index contributed by atoms with van der Waals surface area (Å²) in [6, 6.07) is 0. The number of fused-ring (bicyclic) bond motifs is 2. The summed E-state index contributed by atoms with van der Waals surface area (Å²) in [4.78, 5) is 41.4. The van der Waals surface area contributed by atoms with Crippen molar-refractivity contribution in [3.05, 3.63) is 36.5 Å². The molecular weight excluding hydrogens is 951 g/mol. The van der Waals surface area contributed by atoms with Crippen molar-refractivity contribution in [3.63, 3.8) is 0 Å². The van der Waals surface area contributed by atoms with Crippen LogP contribution < -0.4 is 11.5 Å². The summed E-state index contributed by atoms with van der Waals surface area (Å²) in [7, 11) is 0. The van der Waals surface area contributed by atoms with Gasteiger partial charge in [-0.05, 0) is 69.1 Å². The van der Waals surface area contributed by atoms with E-state index in [2.05, 4.69) is 24.1 Å². The van der Waals surface area contributed by atoms with Gasteiger partial charge in [0.15, 0.2) is 11.7 Å². The van der Waals surface area contributed by atoms with Crippen molar-refractivity contribution >= 4 is 23.9 Å². The smallest absolute Gasteiger partial charge is 0.330 e. The number of aliphatic imine (C=N–C) groups is 1. The highest BCUT2D eigenvalue weighted by atomic mass is 16.7. The number of carbonyl (C=O) groups excluding carboxylic acids is 2. The number of carbonyl (C=O) groups is 3. The number of carboxylic acids is 1. The molecule has 20 atom stereocenters. The number of aliphatic carboxylic acids is 1. The Balaban J connectivity index is 2.42. The lowest BCUT2D eigenvalue weighted by Gasteiger charge is -2.45. The van der Waals surface area contributed by atoms with Gasteiger partial charge in [0.25, 0.3) is 0 Å². The number of cyclic esters (lactones) is 1. The third-order valence-corrected chi connectivity index (χ3v) is 14.7. The van der Waals surface area contributed by atoms with Crippen LogP contribution in [-0.4, -0.2) is 166 Å². The van der Waals surface area contributed by atoms with Crippen molar-refractivity contribution < 1.29 is 84.8 Å². The molecule has 2 heterocycles. The summed E-state index contributed by atoms with van der Waals surface area (Å²) in [5.41, 5.74) is 10.8. The van der Waals surface area contributed by atoms with Crippen molar-refractivity contribution in [3.8, 4) is 0 Å². The summed E-state index contributed by atoms with van der Waals surface area (Å²) in [6.45, 7) is 13.0. The molecule has 0 radical (unpaired) electrons. The van der Waals surface area contributed by atoms with Gasteiger partial charge in [0.05, 0.1) is 54.9 Å². The second-order valence-electron chi connectivity index (χ2n) is 21.4. The highest BCUT2D eigenvalue weighted by Gasteiger charge is 2.50. The lowest BCUT2D eigenvalue weighted by molar-refractivity contribution is -0.333. The van der Waals surface area contributed by atoms with Crippen LogP contribution >= 0.6 is 0 Å². The largest absolute Gasteiger partial charge is 0.481 e. The zero-order valence-electron chi connectivity index (χ0n) is 44.2. The van der Waals surface area contributed by atoms with Crippen molar-refractivity contribution in [2.24, 2.45) is 57.9 Å². The van der Waals surface area contributed by atoms with E-state index in [-0.39, 0.29) is 62.7 Å². The van der Waals surface area contributed by atoms with Gasteiger partial charge < -0.3 is 81.8 Å².